The highest BCUT2D eigenvalue weighted by Crippen LogP contribution is 2.05. The second-order valence-corrected chi connectivity index (χ2v) is 4.55. The third-order valence-electron chi connectivity index (χ3n) is 3.03. The summed E-state index contributed by atoms with van der Waals surface area (Å²) in [5, 5.41) is 2.68. The maximum Gasteiger partial charge on any atom is 0.333 e. The number of nitrogens with one attached hydrogen (secondary N) is 3. The Morgan fingerprint density at radius 2 is 1.57 bits per heavy atom. The van der Waals surface area contributed by atoms with Crippen LogP contribution in [0.15, 0.2) is 54.6 Å². The number of urea groups is 1. The van der Waals surface area contributed by atoms with Crippen molar-refractivity contribution < 1.29 is 9.59 Å². The van der Waals surface area contributed by atoms with Crippen molar-refractivity contribution in [2.24, 2.45) is 0 Å². The number of rotatable bonds is 3. The minimum absolute atomic E-state index is 0.360. The van der Waals surface area contributed by atoms with E-state index in [-0.39, 0.29) is 5.91 Å². The molecule has 0 bridgehead atoms. The molecule has 0 aromatic heterocycles. The largest absolute Gasteiger partial charge is 0.333 e. The topological polar surface area (TPSA) is 70.2 Å². The Labute approximate surface area is 123 Å². The molecule has 0 aliphatic heterocycles. The average molecular weight is 283 g/mol. The molecule has 0 unspecified atom stereocenters. The number of benzene rings is 2. The zero-order valence-corrected chi connectivity index (χ0v) is 11.7. The molecule has 5 heteroatoms. The third kappa shape index (κ3) is 4.35. The SMILES string of the molecule is Cc1ccccc1CNC(=O)NNC(=O)c1ccccc1. The van der Waals surface area contributed by atoms with Gasteiger partial charge in [-0.25, -0.2) is 10.2 Å². The molecule has 5 nitrogen and oxygen atoms in total. The van der Waals surface area contributed by atoms with Crippen molar-refractivity contribution >= 4 is 11.9 Å². The molecule has 108 valence electrons. The van der Waals surface area contributed by atoms with Gasteiger partial charge in [0.25, 0.3) is 5.91 Å². The lowest BCUT2D eigenvalue weighted by Gasteiger charge is -2.10. The summed E-state index contributed by atoms with van der Waals surface area (Å²) in [5.74, 6) is -0.360. The van der Waals surface area contributed by atoms with E-state index in [0.29, 0.717) is 12.1 Å². The molecule has 0 radical (unpaired) electrons. The highest BCUT2D eigenvalue weighted by atomic mass is 16.2. The molecular formula is C16H17N3O2. The zero-order valence-electron chi connectivity index (χ0n) is 11.7. The van der Waals surface area contributed by atoms with E-state index in [1.807, 2.05) is 37.3 Å². The number of amides is 3. The normalized spacial score (nSPS) is 9.76. The van der Waals surface area contributed by atoms with Gasteiger partial charge >= 0.3 is 6.03 Å². The predicted molar refractivity (Wildman–Crippen MR) is 80.5 cm³/mol. The van der Waals surface area contributed by atoms with E-state index in [9.17, 15) is 9.59 Å². The summed E-state index contributed by atoms with van der Waals surface area (Å²) in [6.45, 7) is 2.38. The van der Waals surface area contributed by atoms with Gasteiger partial charge in [-0.3, -0.25) is 10.2 Å². The van der Waals surface area contributed by atoms with Crippen molar-refractivity contribution in [3.05, 3.63) is 71.3 Å². The number of carbonyl (C=O) groups excluding carboxylic acids is 2. The lowest BCUT2D eigenvalue weighted by Crippen LogP contribution is -2.46. The lowest BCUT2D eigenvalue weighted by molar-refractivity contribution is 0.0936. The van der Waals surface area contributed by atoms with Crippen molar-refractivity contribution in [1.82, 2.24) is 16.2 Å². The van der Waals surface area contributed by atoms with Crippen LogP contribution >= 0.6 is 0 Å². The fraction of sp³-hybridized carbons (Fsp3) is 0.125. The van der Waals surface area contributed by atoms with Gasteiger partial charge in [0.15, 0.2) is 0 Å². The molecule has 2 rings (SSSR count). The fourth-order valence-corrected chi connectivity index (χ4v) is 1.80. The summed E-state index contributed by atoms with van der Waals surface area (Å²) in [5.41, 5.74) is 7.29. The molecule has 0 saturated carbocycles. The Hall–Kier alpha value is -2.82. The van der Waals surface area contributed by atoms with Crippen LogP contribution in [0.1, 0.15) is 21.5 Å². The molecule has 0 heterocycles. The van der Waals surface area contributed by atoms with E-state index in [2.05, 4.69) is 16.2 Å². The summed E-state index contributed by atoms with van der Waals surface area (Å²) in [4.78, 5) is 23.4. The van der Waals surface area contributed by atoms with Crippen molar-refractivity contribution in [2.75, 3.05) is 0 Å². The first-order chi connectivity index (χ1) is 10.2. The summed E-state index contributed by atoms with van der Waals surface area (Å²) in [6, 6.07) is 16.0. The monoisotopic (exact) mass is 283 g/mol. The third-order valence-corrected chi connectivity index (χ3v) is 3.03. The van der Waals surface area contributed by atoms with E-state index in [1.54, 1.807) is 24.3 Å². The molecule has 0 aliphatic carbocycles. The molecule has 0 spiro atoms. The Kier molecular flexibility index (Phi) is 4.93. The Morgan fingerprint density at radius 1 is 0.905 bits per heavy atom. The summed E-state index contributed by atoms with van der Waals surface area (Å²) in [6.07, 6.45) is 0. The minimum Gasteiger partial charge on any atom is -0.333 e. The van der Waals surface area contributed by atoms with Crippen molar-refractivity contribution in [3.8, 4) is 0 Å². The number of carbonyl (C=O) groups is 2. The fourth-order valence-electron chi connectivity index (χ4n) is 1.80. The lowest BCUT2D eigenvalue weighted by atomic mass is 10.1. The Morgan fingerprint density at radius 3 is 2.29 bits per heavy atom. The van der Waals surface area contributed by atoms with Crippen LogP contribution in [0.25, 0.3) is 0 Å². The van der Waals surface area contributed by atoms with Gasteiger partial charge in [-0.05, 0) is 30.2 Å². The van der Waals surface area contributed by atoms with Gasteiger partial charge in [-0.15, -0.1) is 0 Å². The Balaban J connectivity index is 1.78. The van der Waals surface area contributed by atoms with Crippen LogP contribution < -0.4 is 16.2 Å². The molecule has 0 atom stereocenters. The quantitative estimate of drug-likeness (QED) is 0.755. The van der Waals surface area contributed by atoms with Crippen LogP contribution in [0.5, 0.6) is 0 Å². The van der Waals surface area contributed by atoms with Crippen LogP contribution in [0.4, 0.5) is 4.79 Å². The molecule has 0 aliphatic rings. The van der Waals surface area contributed by atoms with E-state index in [4.69, 9.17) is 0 Å². The first kappa shape index (κ1) is 14.6. The highest BCUT2D eigenvalue weighted by Gasteiger charge is 2.06. The molecule has 3 amide bonds. The van der Waals surface area contributed by atoms with Crippen LogP contribution in [0, 0.1) is 6.92 Å². The van der Waals surface area contributed by atoms with Crippen molar-refractivity contribution in [1.29, 1.82) is 0 Å². The van der Waals surface area contributed by atoms with Gasteiger partial charge in [0.05, 0.1) is 0 Å². The number of hydrogen-bond acceptors (Lipinski definition) is 2. The zero-order chi connectivity index (χ0) is 15.1. The van der Waals surface area contributed by atoms with Gasteiger partial charge in [-0.2, -0.15) is 0 Å². The van der Waals surface area contributed by atoms with E-state index in [1.165, 1.54) is 0 Å². The predicted octanol–water partition coefficient (Wildman–Crippen LogP) is 2.14. The molecule has 2 aromatic rings. The highest BCUT2D eigenvalue weighted by molar-refractivity contribution is 5.95. The van der Waals surface area contributed by atoms with Crippen LogP contribution in [0.3, 0.4) is 0 Å². The molecule has 2 aromatic carbocycles. The number of aryl methyl sites for hydroxylation is 1. The van der Waals surface area contributed by atoms with Gasteiger partial charge in [0.1, 0.15) is 0 Å². The molecule has 21 heavy (non-hydrogen) atoms. The number of hydrogen-bond donors (Lipinski definition) is 3. The van der Waals surface area contributed by atoms with Gasteiger partial charge < -0.3 is 5.32 Å². The smallest absolute Gasteiger partial charge is 0.333 e. The molecular weight excluding hydrogens is 266 g/mol. The van der Waals surface area contributed by atoms with Crippen molar-refractivity contribution in [2.45, 2.75) is 13.5 Å². The van der Waals surface area contributed by atoms with Crippen LogP contribution in [-0.2, 0) is 6.54 Å². The average Bonchev–Trinajstić information content (AvgIpc) is 2.52. The van der Waals surface area contributed by atoms with E-state index < -0.39 is 6.03 Å². The maximum atomic E-state index is 11.7. The molecule has 0 saturated heterocycles. The maximum absolute atomic E-state index is 11.7. The van der Waals surface area contributed by atoms with E-state index >= 15 is 0 Å². The van der Waals surface area contributed by atoms with Gasteiger partial charge in [-0.1, -0.05) is 42.5 Å². The summed E-state index contributed by atoms with van der Waals surface area (Å²) in [7, 11) is 0. The molecule has 3 N–H and O–H groups in total. The molecule has 0 fully saturated rings. The summed E-state index contributed by atoms with van der Waals surface area (Å²) >= 11 is 0. The van der Waals surface area contributed by atoms with E-state index in [0.717, 1.165) is 11.1 Å². The second kappa shape index (κ2) is 7.09. The van der Waals surface area contributed by atoms with Gasteiger partial charge in [0, 0.05) is 12.1 Å². The standard InChI is InChI=1S/C16H17N3O2/c1-12-7-5-6-10-14(12)11-17-16(21)19-18-15(20)13-8-3-2-4-9-13/h2-10H,11H2,1H3,(H,18,20)(H2,17,19,21). The Bertz CT molecular complexity index is 626. The minimum atomic E-state index is -0.456. The second-order valence-electron chi connectivity index (χ2n) is 4.55. The van der Waals surface area contributed by atoms with Gasteiger partial charge in [0.2, 0.25) is 0 Å². The first-order valence-electron chi connectivity index (χ1n) is 6.60. The van der Waals surface area contributed by atoms with Crippen LogP contribution in [0.2, 0.25) is 0 Å². The van der Waals surface area contributed by atoms with Crippen LogP contribution in [-0.4, -0.2) is 11.9 Å². The van der Waals surface area contributed by atoms with Crippen molar-refractivity contribution in [3.63, 3.8) is 0 Å². The number of hydrazine groups is 1. The first-order valence-corrected chi connectivity index (χ1v) is 6.60. The summed E-state index contributed by atoms with van der Waals surface area (Å²) < 4.78 is 0.